The average Bonchev–Trinajstić information content (AvgIpc) is 2.34. The van der Waals surface area contributed by atoms with Crippen molar-refractivity contribution in [2.45, 2.75) is 6.43 Å². The van der Waals surface area contributed by atoms with E-state index in [2.05, 4.69) is 15.0 Å². The first-order valence-corrected chi connectivity index (χ1v) is 4.71. The average molecular weight is 261 g/mol. The van der Waals surface area contributed by atoms with E-state index in [1.807, 2.05) is 0 Å². The maximum Gasteiger partial charge on any atom is 0.356 e. The largest absolute Gasteiger partial charge is 0.464 e. The van der Waals surface area contributed by atoms with Crippen molar-refractivity contribution in [3.05, 3.63) is 27.9 Å². The molecule has 1 rings (SSSR count). The van der Waals surface area contributed by atoms with Gasteiger partial charge in [-0.15, -0.1) is 0 Å². The monoisotopic (exact) mass is 261 g/mol. The van der Waals surface area contributed by atoms with Crippen LogP contribution in [-0.4, -0.2) is 36.0 Å². The number of carbonyl (C=O) groups is 1. The van der Waals surface area contributed by atoms with Gasteiger partial charge in [0.15, 0.2) is 5.69 Å². The third-order valence-corrected chi connectivity index (χ3v) is 1.89. The second-order valence-corrected chi connectivity index (χ2v) is 3.08. The van der Waals surface area contributed by atoms with Crippen LogP contribution in [0.25, 0.3) is 0 Å². The van der Waals surface area contributed by atoms with Crippen molar-refractivity contribution >= 4 is 17.5 Å². The lowest BCUT2D eigenvalue weighted by molar-refractivity contribution is -0.384. The fourth-order valence-electron chi connectivity index (χ4n) is 1.12. The molecule has 0 aliphatic rings. The number of halogens is 2. The Kier molecular flexibility index (Phi) is 4.46. The van der Waals surface area contributed by atoms with Crippen molar-refractivity contribution in [1.82, 2.24) is 4.98 Å². The molecule has 0 saturated heterocycles. The molecule has 0 spiro atoms. The fraction of sp³-hybridized carbons (Fsp3) is 0.333. The lowest BCUT2D eigenvalue weighted by atomic mass is 10.3. The summed E-state index contributed by atoms with van der Waals surface area (Å²) in [5.41, 5.74) is -0.705. The maximum absolute atomic E-state index is 12.0. The molecule has 18 heavy (non-hydrogen) atoms. The van der Waals surface area contributed by atoms with Gasteiger partial charge in [0.05, 0.1) is 18.6 Å². The highest BCUT2D eigenvalue weighted by Crippen LogP contribution is 2.22. The van der Waals surface area contributed by atoms with Crippen LogP contribution in [0.3, 0.4) is 0 Å². The Hall–Kier alpha value is -2.32. The summed E-state index contributed by atoms with van der Waals surface area (Å²) in [5.74, 6) is -1.21. The molecule has 0 atom stereocenters. The molecule has 1 heterocycles. The predicted octanol–water partition coefficient (Wildman–Crippen LogP) is 1.45. The SMILES string of the molecule is COC(=O)c1ccc([N+](=O)[O-])c(NCC(F)F)n1. The molecule has 0 aliphatic heterocycles. The van der Waals surface area contributed by atoms with Gasteiger partial charge in [0.25, 0.3) is 6.43 Å². The van der Waals surface area contributed by atoms with Gasteiger partial charge >= 0.3 is 11.7 Å². The molecular weight excluding hydrogens is 252 g/mol. The molecule has 1 aromatic rings. The minimum Gasteiger partial charge on any atom is -0.464 e. The van der Waals surface area contributed by atoms with Crippen LogP contribution in [0.4, 0.5) is 20.3 Å². The number of ether oxygens (including phenoxy) is 1. The summed E-state index contributed by atoms with van der Waals surface area (Å²) in [6, 6.07) is 2.07. The fourth-order valence-corrected chi connectivity index (χ4v) is 1.12. The molecule has 0 aliphatic carbocycles. The Morgan fingerprint density at radius 1 is 1.61 bits per heavy atom. The molecule has 0 amide bonds. The van der Waals surface area contributed by atoms with Crippen LogP contribution >= 0.6 is 0 Å². The number of nitro groups is 1. The second kappa shape index (κ2) is 5.84. The number of hydrogen-bond donors (Lipinski definition) is 1. The van der Waals surface area contributed by atoms with Crippen LogP contribution in [0.15, 0.2) is 12.1 Å². The van der Waals surface area contributed by atoms with E-state index in [9.17, 15) is 23.7 Å². The summed E-state index contributed by atoms with van der Waals surface area (Å²) in [6.07, 6.45) is -2.70. The number of anilines is 1. The van der Waals surface area contributed by atoms with E-state index in [4.69, 9.17) is 0 Å². The molecule has 0 fully saturated rings. The van der Waals surface area contributed by atoms with Gasteiger partial charge < -0.3 is 10.1 Å². The molecule has 0 saturated carbocycles. The number of hydrogen-bond acceptors (Lipinski definition) is 6. The number of alkyl halides is 2. The zero-order valence-electron chi connectivity index (χ0n) is 9.22. The van der Waals surface area contributed by atoms with Crippen LogP contribution in [0.5, 0.6) is 0 Å². The van der Waals surface area contributed by atoms with Crippen molar-refractivity contribution < 1.29 is 23.2 Å². The number of esters is 1. The van der Waals surface area contributed by atoms with Gasteiger partial charge in [-0.2, -0.15) is 0 Å². The van der Waals surface area contributed by atoms with Gasteiger partial charge in [0.2, 0.25) is 5.82 Å². The Bertz CT molecular complexity index is 467. The maximum atomic E-state index is 12.0. The lowest BCUT2D eigenvalue weighted by Crippen LogP contribution is -2.14. The zero-order valence-corrected chi connectivity index (χ0v) is 9.22. The summed E-state index contributed by atoms with van der Waals surface area (Å²) in [6.45, 7) is -0.807. The highest BCUT2D eigenvalue weighted by molar-refractivity contribution is 5.88. The number of carbonyl (C=O) groups excluding carboxylic acids is 1. The van der Waals surface area contributed by atoms with E-state index < -0.39 is 35.4 Å². The van der Waals surface area contributed by atoms with Gasteiger partial charge in [-0.05, 0) is 6.07 Å². The topological polar surface area (TPSA) is 94.4 Å². The molecule has 1 N–H and O–H groups in total. The first kappa shape index (κ1) is 13.7. The molecular formula is C9H9F2N3O4. The Balaban J connectivity index is 3.07. The third-order valence-electron chi connectivity index (χ3n) is 1.89. The number of nitrogens with zero attached hydrogens (tertiary/aromatic N) is 2. The van der Waals surface area contributed by atoms with Gasteiger partial charge in [-0.3, -0.25) is 10.1 Å². The Labute approximate surface area is 99.9 Å². The number of methoxy groups -OCH3 is 1. The number of aromatic nitrogens is 1. The van der Waals surface area contributed by atoms with Crippen LogP contribution in [-0.2, 0) is 4.74 Å². The van der Waals surface area contributed by atoms with Crippen molar-refractivity contribution in [2.24, 2.45) is 0 Å². The van der Waals surface area contributed by atoms with E-state index in [1.165, 1.54) is 0 Å². The highest BCUT2D eigenvalue weighted by atomic mass is 19.3. The zero-order chi connectivity index (χ0) is 13.7. The van der Waals surface area contributed by atoms with Crippen molar-refractivity contribution in [3.63, 3.8) is 0 Å². The summed E-state index contributed by atoms with van der Waals surface area (Å²) < 4.78 is 28.4. The summed E-state index contributed by atoms with van der Waals surface area (Å²) in [4.78, 5) is 24.6. The molecule has 7 nitrogen and oxygen atoms in total. The number of pyridine rings is 1. The number of nitrogens with one attached hydrogen (secondary N) is 1. The smallest absolute Gasteiger partial charge is 0.356 e. The van der Waals surface area contributed by atoms with Gasteiger partial charge in [-0.25, -0.2) is 18.6 Å². The second-order valence-electron chi connectivity index (χ2n) is 3.08. The first-order valence-electron chi connectivity index (χ1n) is 4.71. The molecule has 0 bridgehead atoms. The molecule has 1 aromatic heterocycles. The van der Waals surface area contributed by atoms with Crippen molar-refractivity contribution in [2.75, 3.05) is 19.0 Å². The summed E-state index contributed by atoms with van der Waals surface area (Å²) in [7, 11) is 1.11. The molecule has 9 heteroatoms. The first-order chi connectivity index (χ1) is 8.45. The molecule has 98 valence electrons. The van der Waals surface area contributed by atoms with Gasteiger partial charge in [-0.1, -0.05) is 0 Å². The van der Waals surface area contributed by atoms with E-state index in [0.717, 1.165) is 19.2 Å². The van der Waals surface area contributed by atoms with Crippen molar-refractivity contribution in [3.8, 4) is 0 Å². The van der Waals surface area contributed by atoms with Crippen LogP contribution in [0.2, 0.25) is 0 Å². The van der Waals surface area contributed by atoms with Crippen LogP contribution in [0, 0.1) is 10.1 Å². The van der Waals surface area contributed by atoms with Crippen LogP contribution in [0.1, 0.15) is 10.5 Å². The molecule has 0 radical (unpaired) electrons. The predicted molar refractivity (Wildman–Crippen MR) is 56.7 cm³/mol. The standard InChI is InChI=1S/C9H9F2N3O4/c1-18-9(15)5-2-3-6(14(16)17)8(13-5)12-4-7(10)11/h2-3,7H,4H2,1H3,(H,12,13). The minimum atomic E-state index is -2.70. The number of rotatable bonds is 5. The molecule has 0 aromatic carbocycles. The summed E-state index contributed by atoms with van der Waals surface area (Å²) >= 11 is 0. The quantitative estimate of drug-likeness (QED) is 0.489. The molecule has 0 unspecified atom stereocenters. The normalized spacial score (nSPS) is 10.2. The Morgan fingerprint density at radius 3 is 2.78 bits per heavy atom. The van der Waals surface area contributed by atoms with E-state index in [1.54, 1.807) is 0 Å². The summed E-state index contributed by atoms with van der Waals surface area (Å²) in [5, 5.41) is 12.7. The lowest BCUT2D eigenvalue weighted by Gasteiger charge is -2.06. The van der Waals surface area contributed by atoms with E-state index >= 15 is 0 Å². The highest BCUT2D eigenvalue weighted by Gasteiger charge is 2.19. The van der Waals surface area contributed by atoms with Crippen molar-refractivity contribution in [1.29, 1.82) is 0 Å². The van der Waals surface area contributed by atoms with E-state index in [0.29, 0.717) is 0 Å². The van der Waals surface area contributed by atoms with E-state index in [-0.39, 0.29) is 5.69 Å². The Morgan fingerprint density at radius 2 is 2.28 bits per heavy atom. The van der Waals surface area contributed by atoms with Gasteiger partial charge in [0, 0.05) is 6.07 Å². The third kappa shape index (κ3) is 3.34. The van der Waals surface area contributed by atoms with Gasteiger partial charge in [0.1, 0.15) is 0 Å². The minimum absolute atomic E-state index is 0.208. The van der Waals surface area contributed by atoms with Crippen LogP contribution < -0.4 is 5.32 Å².